The van der Waals surface area contributed by atoms with E-state index in [2.05, 4.69) is 95.7 Å². The Morgan fingerprint density at radius 2 is 0.648 bits per heavy atom. The van der Waals surface area contributed by atoms with Gasteiger partial charge < -0.3 is 114 Å². The molecule has 0 saturated carbocycles. The minimum Gasteiger partial charge on any atom is -0.508 e. The molecule has 108 heavy (non-hydrogen) atoms. The maximum atomic E-state index is 15.2. The van der Waals surface area contributed by atoms with Crippen molar-refractivity contribution in [2.45, 2.75) is 163 Å². The van der Waals surface area contributed by atoms with Gasteiger partial charge in [-0.2, -0.15) is 0 Å². The second-order valence-corrected chi connectivity index (χ2v) is 24.2. The molecule has 42 heteroatoms. The lowest BCUT2D eigenvalue weighted by Crippen LogP contribution is -2.70. The van der Waals surface area contributed by atoms with Crippen LogP contribution < -0.4 is 119 Å². The van der Waals surface area contributed by atoms with Gasteiger partial charge in [0.15, 0.2) is 55.1 Å². The number of carbonyl (C=O) groups excluding carboxylic acids is 17. The third-order valence-electron chi connectivity index (χ3n) is 15.4. The summed E-state index contributed by atoms with van der Waals surface area (Å²) in [6.07, 6.45) is -15.1. The molecule has 0 heterocycles. The fourth-order valence-electron chi connectivity index (χ4n) is 9.95. The summed E-state index contributed by atoms with van der Waals surface area (Å²) in [5, 5.41) is 69.2. The molecular formula is C66H96N24O18. The average molecular weight is 1510 g/mol. The molecule has 0 aliphatic heterocycles. The maximum Gasteiger partial charge on any atom is 0.259 e. The molecule has 0 aromatic heterocycles. The molecule has 0 bridgehead atoms. The number of phenols is 1. The van der Waals surface area contributed by atoms with E-state index in [4.69, 9.17) is 33.8 Å². The number of guanidine groups is 2. The van der Waals surface area contributed by atoms with Crippen LogP contribution in [0.5, 0.6) is 5.75 Å². The molecule has 0 saturated heterocycles. The quantitative estimate of drug-likeness (QED) is 0.00820. The van der Waals surface area contributed by atoms with Crippen molar-refractivity contribution in [3.63, 3.8) is 0 Å². The number of likely N-dealkylation sites (N-methyl/N-ethyl adjacent to an activating group) is 1. The Balaban J connectivity index is 2.24. The Kier molecular flexibility index (Phi) is 41.1. The molecule has 0 aliphatic rings. The van der Waals surface area contributed by atoms with Gasteiger partial charge >= 0.3 is 0 Å². The van der Waals surface area contributed by atoms with Gasteiger partial charge in [0.05, 0.1) is 48.3 Å². The molecule has 0 fully saturated rings. The molecule has 3 rings (SSSR count). The molecule has 3 aromatic carbocycles. The van der Waals surface area contributed by atoms with E-state index in [9.17, 15) is 77.0 Å². The zero-order valence-corrected chi connectivity index (χ0v) is 59.2. The van der Waals surface area contributed by atoms with Gasteiger partial charge in [0.25, 0.3) is 47.3 Å². The van der Waals surface area contributed by atoms with Gasteiger partial charge in [-0.05, 0) is 94.7 Å². The number of phenolic OH excluding ortho intramolecular Hbond substituents is 1. The highest BCUT2D eigenvalue weighted by Crippen LogP contribution is 2.12. The molecule has 9 amide bonds. The minimum atomic E-state index is -2.30. The predicted octanol–water partition coefficient (Wildman–Crippen LogP) is -10.8. The third-order valence-corrected chi connectivity index (χ3v) is 15.4. The number of rotatable bonds is 56. The monoisotopic (exact) mass is 1510 g/mol. The number of amides is 9. The van der Waals surface area contributed by atoms with Gasteiger partial charge in [0.1, 0.15) is 62.2 Å². The minimum absolute atomic E-state index is 0.0131. The number of primary amides is 2. The van der Waals surface area contributed by atoms with Gasteiger partial charge in [0, 0.05) is 19.5 Å². The summed E-state index contributed by atoms with van der Waals surface area (Å²) in [5.41, 5.74) is 23.2. The zero-order valence-electron chi connectivity index (χ0n) is 59.2. The summed E-state index contributed by atoms with van der Waals surface area (Å²) in [4.78, 5) is 228. The molecule has 0 aliphatic carbocycles. The lowest BCUT2D eigenvalue weighted by Gasteiger charge is -2.31. The Morgan fingerprint density at radius 3 is 0.944 bits per heavy atom. The van der Waals surface area contributed by atoms with Crippen LogP contribution >= 0.6 is 0 Å². The molecule has 42 nitrogen and oxygen atoms in total. The molecule has 0 spiro atoms. The van der Waals surface area contributed by atoms with Crippen LogP contribution in [0, 0.1) is 10.8 Å². The first-order valence-electron chi connectivity index (χ1n) is 33.6. The van der Waals surface area contributed by atoms with Crippen LogP contribution in [0.3, 0.4) is 0 Å². The lowest BCUT2D eigenvalue weighted by atomic mass is 10.1. The van der Waals surface area contributed by atoms with Crippen LogP contribution in [0.2, 0.25) is 0 Å². The Bertz CT molecular complexity index is 3520. The smallest absolute Gasteiger partial charge is 0.259 e. The number of aldehydes is 8. The van der Waals surface area contributed by atoms with Crippen LogP contribution in [-0.4, -0.2) is 238 Å². The van der Waals surface area contributed by atoms with Crippen LogP contribution in [0.4, 0.5) is 0 Å². The molecule has 3 aromatic rings. The van der Waals surface area contributed by atoms with Crippen molar-refractivity contribution in [1.82, 2.24) is 95.7 Å². The fourth-order valence-corrected chi connectivity index (χ4v) is 9.95. The number of hydrogen-bond donors (Lipinski definition) is 25. The summed E-state index contributed by atoms with van der Waals surface area (Å²) in [5.74, 6) is -12.9. The van der Waals surface area contributed by atoms with Gasteiger partial charge in [-0.3, -0.25) is 102 Å². The number of nitrogens with one attached hydrogen (secondary N) is 20. The van der Waals surface area contributed by atoms with E-state index >= 15 is 9.59 Å². The van der Waals surface area contributed by atoms with E-state index in [0.29, 0.717) is 41.8 Å². The largest absolute Gasteiger partial charge is 0.508 e. The fraction of sp³-hybridized carbons (Fsp3) is 0.439. The lowest BCUT2D eigenvalue weighted by molar-refractivity contribution is -0.138. The first kappa shape index (κ1) is 90.4. The first-order chi connectivity index (χ1) is 51.5. The first-order valence-corrected chi connectivity index (χ1v) is 33.6. The van der Waals surface area contributed by atoms with Crippen LogP contribution in [-0.2, 0) is 101 Å². The van der Waals surface area contributed by atoms with E-state index in [-0.39, 0.29) is 94.9 Å². The summed E-state index contributed by atoms with van der Waals surface area (Å²) in [6.45, 7) is 2.55. The summed E-state index contributed by atoms with van der Waals surface area (Å²) < 4.78 is 0. The van der Waals surface area contributed by atoms with Gasteiger partial charge in [0.2, 0.25) is 5.91 Å². The molecule has 29 N–H and O–H groups in total. The second-order valence-electron chi connectivity index (χ2n) is 24.2. The van der Waals surface area contributed by atoms with Crippen molar-refractivity contribution in [3.8, 4) is 5.75 Å². The highest BCUT2D eigenvalue weighted by atomic mass is 16.3. The predicted molar refractivity (Wildman–Crippen MR) is 385 cm³/mol. The van der Waals surface area contributed by atoms with Crippen LogP contribution in [0.1, 0.15) is 62.6 Å². The Hall–Kier alpha value is -11.8. The Morgan fingerprint density at radius 1 is 0.370 bits per heavy atom. The van der Waals surface area contributed by atoms with Crippen LogP contribution in [0.25, 0.3) is 0 Å². The second kappa shape index (κ2) is 49.1. The highest BCUT2D eigenvalue weighted by molar-refractivity contribution is 5.98. The highest BCUT2D eigenvalue weighted by Gasteiger charge is 2.38. The molecule has 0 radical (unpaired) electrons. The number of aromatic hydroxyl groups is 1. The molecule has 588 valence electrons. The number of benzene rings is 3. The number of nitrogens with two attached hydrogens (primary N) is 4. The third kappa shape index (κ3) is 34.4. The van der Waals surface area contributed by atoms with Crippen molar-refractivity contribution < 1.29 is 86.6 Å². The summed E-state index contributed by atoms with van der Waals surface area (Å²) >= 11 is 0. The van der Waals surface area contributed by atoms with Crippen molar-refractivity contribution in [3.05, 3.63) is 102 Å². The number of carbonyl (C=O) groups is 17. The normalized spacial score (nSPS) is 15.4. The molecule has 0 unspecified atom stereocenters. The van der Waals surface area contributed by atoms with E-state index in [1.54, 1.807) is 60.7 Å². The van der Waals surface area contributed by atoms with Crippen LogP contribution in [0.15, 0.2) is 84.9 Å². The molecular weight excluding hydrogens is 1420 g/mol. The summed E-state index contributed by atoms with van der Waals surface area (Å²) in [6, 6.07) is 11.1. The summed E-state index contributed by atoms with van der Waals surface area (Å²) in [7, 11) is 1.31. The average Bonchev–Trinajstić information content (AvgIpc) is 0.848. The number of hydrogen-bond acceptors (Lipinski definition) is 29. The SMILES string of the molecule is CN[C@@H](N[C@@H](C=O)Cc1ccccc1)C(=O)N[C@@H](N[C@@H](C=O)CC(N)=O)C(=O)N[C@@H](N[C@@H](C)C=O)C(=O)N[C@@H](N[C@@H](C=O)Cc1ccccc1)C(=O)N[C@@H](N[C@@H](C=O)Cc1ccc(O)cc1)C(=O)N[C@@H](N[C@@H](C)C=O)C(=O)N[C@@H](N[C@@H](C=O)CCCNC(=N)N)C(=O)N[C@@H](N[C@@H](C=O)CCCNC(=N)N)C(N)=O. The van der Waals surface area contributed by atoms with Crippen molar-refractivity contribution >= 4 is 115 Å². The Labute approximate surface area is 619 Å². The van der Waals surface area contributed by atoms with E-state index in [1.165, 1.54) is 45.2 Å². The van der Waals surface area contributed by atoms with Gasteiger partial charge in [-0.1, -0.05) is 72.8 Å². The van der Waals surface area contributed by atoms with Gasteiger partial charge in [-0.25, -0.2) is 0 Å². The van der Waals surface area contributed by atoms with E-state index in [0.717, 1.165) is 0 Å². The van der Waals surface area contributed by atoms with Gasteiger partial charge in [-0.15, -0.1) is 0 Å². The van der Waals surface area contributed by atoms with Crippen molar-refractivity contribution in [2.24, 2.45) is 22.9 Å². The molecule has 16 atom stereocenters. The zero-order chi connectivity index (χ0) is 80.3. The topological polar surface area (TPSA) is 679 Å². The standard InChI is InChI=1S/C66H96N24O18/c1-36(28-91)76-52(59(103)88-54(79-42(31-94)17-11-23-75-66(71)72)61(105)84-50(49(68)101)78-41(30-93)16-10-22-74-65(69)70)85-62(106)55(82-45(34-97)26-40-18-20-47(99)21-19-40)90-64(108)56(81-44(33-96)25-39-14-8-5-9-15-39)89-60(104)53(77-37(2)29-92)86-63(107)57(83-46(35-98)27-48(67)100)87-58(102)51(73-3)80-43(32-95)24-38-12-6-4-7-13-38/h4-9,12-15,18-21,28-37,41-46,50-57,73,76-83,99H,10-11,16-17,22-27H2,1-3H3,(H2,67,100)(H2,68,101)(H,84,105)(H,85,106)(H,86,107)(H,87,102)(H,88,103)(H,89,104)(H,90,108)(H4,69,70,74)(H4,71,72,75)/t36-,37-,41+,42+,43+,44+,45+,46+,50+,51-,52+,53+,54+,55+,56+,57+/m0/s1. The van der Waals surface area contributed by atoms with E-state index < -0.39 is 163 Å². The van der Waals surface area contributed by atoms with Crippen molar-refractivity contribution in [1.29, 1.82) is 10.8 Å². The maximum absolute atomic E-state index is 15.2. The van der Waals surface area contributed by atoms with E-state index in [1.807, 2.05) is 0 Å². The van der Waals surface area contributed by atoms with Crippen molar-refractivity contribution in [2.75, 3.05) is 20.1 Å².